The fourth-order valence-corrected chi connectivity index (χ4v) is 2.22. The number of nitrogens with one attached hydrogen (secondary N) is 1. The van der Waals surface area contributed by atoms with E-state index in [0.29, 0.717) is 23.8 Å². The predicted molar refractivity (Wildman–Crippen MR) is 79.0 cm³/mol. The number of hydrogen-bond donors (Lipinski definition) is 1. The summed E-state index contributed by atoms with van der Waals surface area (Å²) in [6.45, 7) is 1.51. The smallest absolute Gasteiger partial charge is 0.332 e. The third-order valence-electron chi connectivity index (χ3n) is 3.49. The van der Waals surface area contributed by atoms with E-state index < -0.39 is 5.69 Å². The van der Waals surface area contributed by atoms with Gasteiger partial charge in [0.1, 0.15) is 0 Å². The van der Waals surface area contributed by atoms with Crippen LogP contribution < -0.4 is 33.3 Å². The first-order valence-corrected chi connectivity index (χ1v) is 6.89. The Kier molecular flexibility index (Phi) is 5.78. The molecule has 22 heavy (non-hydrogen) atoms. The summed E-state index contributed by atoms with van der Waals surface area (Å²) in [5.41, 5.74) is -0.0456. The van der Waals surface area contributed by atoms with E-state index in [4.69, 9.17) is 4.74 Å². The minimum Gasteiger partial charge on any atom is -1.00 e. The molecule has 9 heteroatoms. The molecule has 0 aliphatic rings. The lowest BCUT2D eigenvalue weighted by Crippen LogP contribution is -3.05. The number of aryl methyl sites for hydroxylation is 2. The van der Waals surface area contributed by atoms with Crippen LogP contribution in [0.25, 0.3) is 11.2 Å². The van der Waals surface area contributed by atoms with Crippen molar-refractivity contribution in [2.24, 2.45) is 21.1 Å². The van der Waals surface area contributed by atoms with Crippen LogP contribution in [-0.4, -0.2) is 45.9 Å². The van der Waals surface area contributed by atoms with Gasteiger partial charge in [-0.1, -0.05) is 0 Å². The van der Waals surface area contributed by atoms with E-state index in [2.05, 4.69) is 19.1 Å². The Morgan fingerprint density at radius 1 is 1.09 bits per heavy atom. The summed E-state index contributed by atoms with van der Waals surface area (Å²) in [5, 5.41) is 0. The van der Waals surface area contributed by atoms with Crippen LogP contribution >= 0.6 is 0 Å². The molecular weight excluding hydrogens is 310 g/mol. The minimum atomic E-state index is -0.395. The van der Waals surface area contributed by atoms with Crippen molar-refractivity contribution in [3.8, 4) is 6.01 Å². The highest BCUT2D eigenvalue weighted by Crippen LogP contribution is 2.15. The maximum Gasteiger partial charge on any atom is 0.332 e. The highest BCUT2D eigenvalue weighted by molar-refractivity contribution is 5.71. The van der Waals surface area contributed by atoms with Crippen molar-refractivity contribution in [2.45, 2.75) is 6.42 Å². The van der Waals surface area contributed by atoms with Crippen molar-refractivity contribution in [3.63, 3.8) is 0 Å². The fourth-order valence-electron chi connectivity index (χ4n) is 2.22. The molecule has 124 valence electrons. The summed E-state index contributed by atoms with van der Waals surface area (Å²) in [6.07, 6.45) is 0.891. The van der Waals surface area contributed by atoms with E-state index in [-0.39, 0.29) is 18.0 Å². The molecule has 0 spiro atoms. The SMILES string of the molecule is Cn1c(=O)c2c(nc(OCCC[NH+](C)C)n2C)n(C)c1=O.[Cl-]. The summed E-state index contributed by atoms with van der Waals surface area (Å²) in [7, 11) is 8.92. The number of imidazole rings is 1. The zero-order valence-corrected chi connectivity index (χ0v) is 14.3. The Morgan fingerprint density at radius 2 is 1.73 bits per heavy atom. The second-order valence-electron chi connectivity index (χ2n) is 5.49. The molecule has 0 fully saturated rings. The predicted octanol–water partition coefficient (Wildman–Crippen LogP) is -5.11. The molecule has 0 unspecified atom stereocenters. The highest BCUT2D eigenvalue weighted by atomic mass is 35.5. The second-order valence-corrected chi connectivity index (χ2v) is 5.49. The third kappa shape index (κ3) is 3.17. The van der Waals surface area contributed by atoms with Gasteiger partial charge in [-0.15, -0.1) is 0 Å². The zero-order valence-electron chi connectivity index (χ0n) is 13.5. The van der Waals surface area contributed by atoms with Gasteiger partial charge in [-0.2, -0.15) is 4.98 Å². The Hall–Kier alpha value is -1.80. The average molecular weight is 332 g/mol. The maximum atomic E-state index is 12.2. The molecule has 0 aliphatic heterocycles. The molecule has 8 nitrogen and oxygen atoms in total. The molecule has 2 aromatic heterocycles. The van der Waals surface area contributed by atoms with Crippen LogP contribution in [-0.2, 0) is 21.1 Å². The Balaban J connectivity index is 0.00000242. The summed E-state index contributed by atoms with van der Waals surface area (Å²) < 4.78 is 9.66. The highest BCUT2D eigenvalue weighted by Gasteiger charge is 2.17. The molecular formula is C13H22ClN5O3. The van der Waals surface area contributed by atoms with Crippen LogP contribution in [0.4, 0.5) is 0 Å². The number of ether oxygens (including phenoxy) is 1. The Morgan fingerprint density at radius 3 is 2.32 bits per heavy atom. The van der Waals surface area contributed by atoms with Gasteiger partial charge in [0, 0.05) is 27.6 Å². The largest absolute Gasteiger partial charge is 1.00 e. The molecule has 0 aliphatic carbocycles. The number of nitrogens with zero attached hydrogens (tertiary/aromatic N) is 4. The van der Waals surface area contributed by atoms with Crippen LogP contribution in [0.15, 0.2) is 9.59 Å². The van der Waals surface area contributed by atoms with Gasteiger partial charge in [0.05, 0.1) is 27.2 Å². The van der Waals surface area contributed by atoms with Crippen LogP contribution in [0.5, 0.6) is 6.01 Å². The van der Waals surface area contributed by atoms with E-state index in [1.807, 2.05) is 0 Å². The number of quaternary nitrogens is 1. The molecule has 2 aromatic rings. The molecule has 2 rings (SSSR count). The standard InChI is InChI=1S/C13H21N5O3.ClH/c1-15(2)7-6-8-21-12-14-10-9(16(12)3)11(19)18(5)13(20)17(10)4;/h6-8H2,1-5H3;1H. The number of halogens is 1. The summed E-state index contributed by atoms with van der Waals surface area (Å²) in [6, 6.07) is 0.358. The topological polar surface area (TPSA) is 75.5 Å². The summed E-state index contributed by atoms with van der Waals surface area (Å²) >= 11 is 0. The van der Waals surface area contributed by atoms with E-state index in [1.165, 1.54) is 16.5 Å². The van der Waals surface area contributed by atoms with Crippen molar-refractivity contribution in [1.82, 2.24) is 18.7 Å². The normalized spacial score (nSPS) is 11.0. The lowest BCUT2D eigenvalue weighted by molar-refractivity contribution is -0.858. The van der Waals surface area contributed by atoms with Crippen molar-refractivity contribution >= 4 is 11.2 Å². The Labute approximate surface area is 134 Å². The van der Waals surface area contributed by atoms with E-state index in [0.717, 1.165) is 17.5 Å². The molecule has 0 atom stereocenters. The Bertz CT molecular complexity index is 775. The van der Waals surface area contributed by atoms with E-state index in [1.54, 1.807) is 18.7 Å². The van der Waals surface area contributed by atoms with Gasteiger partial charge in [0.2, 0.25) is 0 Å². The van der Waals surface area contributed by atoms with Gasteiger partial charge in [-0.05, 0) is 0 Å². The molecule has 2 heterocycles. The van der Waals surface area contributed by atoms with Crippen LogP contribution in [0, 0.1) is 0 Å². The van der Waals surface area contributed by atoms with Gasteiger partial charge >= 0.3 is 5.69 Å². The van der Waals surface area contributed by atoms with Gasteiger partial charge in [-0.25, -0.2) is 4.79 Å². The van der Waals surface area contributed by atoms with Gasteiger partial charge in [-0.3, -0.25) is 18.5 Å². The monoisotopic (exact) mass is 331 g/mol. The average Bonchev–Trinajstić information content (AvgIpc) is 2.76. The van der Waals surface area contributed by atoms with Crippen LogP contribution in [0.2, 0.25) is 0 Å². The molecule has 0 bridgehead atoms. The van der Waals surface area contributed by atoms with Gasteiger partial charge < -0.3 is 22.0 Å². The minimum absolute atomic E-state index is 0. The van der Waals surface area contributed by atoms with E-state index >= 15 is 0 Å². The van der Waals surface area contributed by atoms with Gasteiger partial charge in [0.15, 0.2) is 11.2 Å². The molecule has 0 saturated carbocycles. The number of fused-ring (bicyclic) bond motifs is 1. The van der Waals surface area contributed by atoms with Crippen molar-refractivity contribution in [2.75, 3.05) is 27.2 Å². The lowest BCUT2D eigenvalue weighted by Gasteiger charge is -2.08. The second kappa shape index (κ2) is 6.97. The third-order valence-corrected chi connectivity index (χ3v) is 3.49. The van der Waals surface area contributed by atoms with Gasteiger partial charge in [0.25, 0.3) is 11.6 Å². The van der Waals surface area contributed by atoms with E-state index in [9.17, 15) is 9.59 Å². The quantitative estimate of drug-likeness (QED) is 0.556. The van der Waals surface area contributed by atoms with Crippen molar-refractivity contribution in [1.29, 1.82) is 0 Å². The number of rotatable bonds is 5. The molecule has 0 amide bonds. The molecule has 1 N–H and O–H groups in total. The molecule has 0 radical (unpaired) electrons. The molecule has 0 aromatic carbocycles. The molecule has 0 saturated heterocycles. The van der Waals surface area contributed by atoms with Crippen LogP contribution in [0.1, 0.15) is 6.42 Å². The lowest BCUT2D eigenvalue weighted by atomic mass is 10.4. The number of aromatic nitrogens is 4. The zero-order chi connectivity index (χ0) is 15.7. The summed E-state index contributed by atoms with van der Waals surface area (Å²) in [5.74, 6) is 0. The fraction of sp³-hybridized carbons (Fsp3) is 0.615. The summed E-state index contributed by atoms with van der Waals surface area (Å²) in [4.78, 5) is 29.7. The first-order chi connectivity index (χ1) is 9.84. The first-order valence-electron chi connectivity index (χ1n) is 6.89. The van der Waals surface area contributed by atoms with Crippen molar-refractivity contribution < 1.29 is 22.0 Å². The van der Waals surface area contributed by atoms with Crippen LogP contribution in [0.3, 0.4) is 0 Å². The number of hydrogen-bond acceptors (Lipinski definition) is 4. The first kappa shape index (κ1) is 18.2. The maximum absolute atomic E-state index is 12.2. The van der Waals surface area contributed by atoms with Crippen molar-refractivity contribution in [3.05, 3.63) is 20.8 Å².